The number of ether oxygens (including phenoxy) is 1. The van der Waals surface area contributed by atoms with Crippen LogP contribution < -0.4 is 10.1 Å². The van der Waals surface area contributed by atoms with Gasteiger partial charge in [-0.2, -0.15) is 4.31 Å². The van der Waals surface area contributed by atoms with Gasteiger partial charge in [-0.05, 0) is 67.7 Å². The number of methoxy groups -OCH3 is 1. The second kappa shape index (κ2) is 9.85. The third kappa shape index (κ3) is 5.47. The molecule has 0 saturated carbocycles. The van der Waals surface area contributed by atoms with Crippen molar-refractivity contribution < 1.29 is 17.9 Å². The predicted molar refractivity (Wildman–Crippen MR) is 124 cm³/mol. The molecule has 0 spiro atoms. The first-order valence-electron chi connectivity index (χ1n) is 10.2. The largest absolute Gasteiger partial charge is 0.495 e. The monoisotopic (exact) mass is 462 g/mol. The van der Waals surface area contributed by atoms with Gasteiger partial charge in [0.1, 0.15) is 10.6 Å². The van der Waals surface area contributed by atoms with Gasteiger partial charge in [0, 0.05) is 19.2 Å². The summed E-state index contributed by atoms with van der Waals surface area (Å²) in [6, 6.07) is 8.58. The first-order chi connectivity index (χ1) is 14.7. The molecule has 31 heavy (non-hydrogen) atoms. The Morgan fingerprint density at radius 2 is 1.84 bits per heavy atom. The summed E-state index contributed by atoms with van der Waals surface area (Å²) in [5, 5.41) is 3.26. The molecular formula is C23H27ClN2O4S. The van der Waals surface area contributed by atoms with Crippen molar-refractivity contribution in [2.75, 3.05) is 25.5 Å². The van der Waals surface area contributed by atoms with Gasteiger partial charge in [-0.1, -0.05) is 30.2 Å². The van der Waals surface area contributed by atoms with Crippen molar-refractivity contribution in [1.29, 1.82) is 0 Å². The summed E-state index contributed by atoms with van der Waals surface area (Å²) in [6.07, 6.45) is 5.66. The standard InChI is InChI=1S/C23H27ClN2O4S/c1-16-13-17(2)23(19(24)14-16)25-22(27)10-8-18-7-9-20(30-3)21(15-18)31(28,29)26-11-5-4-6-12-26/h7-10,13-15H,4-6,11-12H2,1-3H3,(H,25,27)/b10-8+. The SMILES string of the molecule is COc1ccc(/C=C/C(=O)Nc2c(C)cc(C)cc2Cl)cc1S(=O)(=O)N1CCCCC1. The maximum Gasteiger partial charge on any atom is 0.248 e. The summed E-state index contributed by atoms with van der Waals surface area (Å²) in [7, 11) is -2.23. The third-order valence-corrected chi connectivity index (χ3v) is 7.45. The molecule has 3 rings (SSSR count). The summed E-state index contributed by atoms with van der Waals surface area (Å²) in [6.45, 7) is 4.82. The van der Waals surface area contributed by atoms with Crippen LogP contribution in [0.2, 0.25) is 5.02 Å². The summed E-state index contributed by atoms with van der Waals surface area (Å²) in [5.74, 6) is -0.0701. The van der Waals surface area contributed by atoms with Gasteiger partial charge in [0.2, 0.25) is 15.9 Å². The number of anilines is 1. The number of piperidine rings is 1. The number of halogens is 1. The number of sulfonamides is 1. The van der Waals surface area contributed by atoms with E-state index < -0.39 is 10.0 Å². The number of amides is 1. The minimum Gasteiger partial charge on any atom is -0.495 e. The first-order valence-corrected chi connectivity index (χ1v) is 12.0. The van der Waals surface area contributed by atoms with Gasteiger partial charge in [-0.3, -0.25) is 4.79 Å². The van der Waals surface area contributed by atoms with Crippen molar-refractivity contribution in [1.82, 2.24) is 4.31 Å². The normalized spacial score (nSPS) is 15.2. The number of nitrogens with zero attached hydrogens (tertiary/aromatic N) is 1. The van der Waals surface area contributed by atoms with E-state index >= 15 is 0 Å². The van der Waals surface area contributed by atoms with Gasteiger partial charge in [-0.15, -0.1) is 0 Å². The van der Waals surface area contributed by atoms with Crippen molar-refractivity contribution in [2.24, 2.45) is 0 Å². The Morgan fingerprint density at radius 3 is 2.48 bits per heavy atom. The fraction of sp³-hybridized carbons (Fsp3) is 0.348. The van der Waals surface area contributed by atoms with Crippen LogP contribution in [0, 0.1) is 13.8 Å². The molecule has 1 amide bonds. The molecule has 1 N–H and O–H groups in total. The fourth-order valence-corrected chi connectivity index (χ4v) is 5.73. The summed E-state index contributed by atoms with van der Waals surface area (Å²) >= 11 is 6.25. The summed E-state index contributed by atoms with van der Waals surface area (Å²) in [5.41, 5.74) is 3.02. The van der Waals surface area contributed by atoms with Gasteiger partial charge in [0.05, 0.1) is 17.8 Å². The van der Waals surface area contributed by atoms with Crippen molar-refractivity contribution >= 4 is 39.3 Å². The molecule has 0 aromatic heterocycles. The molecule has 1 fully saturated rings. The van der Waals surface area contributed by atoms with Gasteiger partial charge < -0.3 is 10.1 Å². The Bertz CT molecular complexity index is 1080. The highest BCUT2D eigenvalue weighted by Gasteiger charge is 2.29. The molecule has 1 aliphatic rings. The van der Waals surface area contributed by atoms with Crippen LogP contribution in [0.4, 0.5) is 5.69 Å². The second-order valence-electron chi connectivity index (χ2n) is 7.64. The van der Waals surface area contributed by atoms with Crippen LogP contribution in [0.25, 0.3) is 6.08 Å². The molecule has 8 heteroatoms. The van der Waals surface area contributed by atoms with Gasteiger partial charge in [0.15, 0.2) is 0 Å². The maximum absolute atomic E-state index is 13.1. The number of benzene rings is 2. The average molecular weight is 463 g/mol. The van der Waals surface area contributed by atoms with E-state index in [-0.39, 0.29) is 16.6 Å². The Balaban J connectivity index is 1.83. The molecule has 1 saturated heterocycles. The van der Waals surface area contributed by atoms with E-state index in [0.717, 1.165) is 30.4 Å². The molecule has 0 radical (unpaired) electrons. The predicted octanol–water partition coefficient (Wildman–Crippen LogP) is 4.79. The van der Waals surface area contributed by atoms with E-state index in [1.165, 1.54) is 23.6 Å². The van der Waals surface area contributed by atoms with Crippen LogP contribution in [-0.4, -0.2) is 38.8 Å². The van der Waals surface area contributed by atoms with Crippen molar-refractivity contribution in [3.05, 3.63) is 58.1 Å². The lowest BCUT2D eigenvalue weighted by Crippen LogP contribution is -2.35. The van der Waals surface area contributed by atoms with E-state index in [9.17, 15) is 13.2 Å². The lowest BCUT2D eigenvalue weighted by atomic mass is 10.1. The molecule has 1 aliphatic heterocycles. The van der Waals surface area contributed by atoms with E-state index in [0.29, 0.717) is 29.4 Å². The zero-order valence-corrected chi connectivity index (χ0v) is 19.5. The second-order valence-corrected chi connectivity index (χ2v) is 9.95. The van der Waals surface area contributed by atoms with Crippen LogP contribution in [0.3, 0.4) is 0 Å². The molecule has 1 heterocycles. The third-order valence-electron chi connectivity index (χ3n) is 5.23. The van der Waals surface area contributed by atoms with Crippen LogP contribution >= 0.6 is 11.6 Å². The topological polar surface area (TPSA) is 75.7 Å². The first kappa shape index (κ1) is 23.3. The van der Waals surface area contributed by atoms with Crippen LogP contribution in [0.1, 0.15) is 36.0 Å². The lowest BCUT2D eigenvalue weighted by molar-refractivity contribution is -0.111. The molecule has 166 valence electrons. The zero-order valence-electron chi connectivity index (χ0n) is 17.9. The molecule has 0 unspecified atom stereocenters. The summed E-state index contributed by atoms with van der Waals surface area (Å²) in [4.78, 5) is 12.5. The average Bonchev–Trinajstić information content (AvgIpc) is 2.75. The number of hydrogen-bond donors (Lipinski definition) is 1. The molecule has 2 aromatic rings. The lowest BCUT2D eigenvalue weighted by Gasteiger charge is -2.26. The van der Waals surface area contributed by atoms with Crippen molar-refractivity contribution in [3.8, 4) is 5.75 Å². The number of aryl methyl sites for hydroxylation is 2. The van der Waals surface area contributed by atoms with E-state index in [1.54, 1.807) is 24.3 Å². The molecule has 6 nitrogen and oxygen atoms in total. The van der Waals surface area contributed by atoms with Gasteiger partial charge in [0.25, 0.3) is 0 Å². The Kier molecular flexibility index (Phi) is 7.41. The highest BCUT2D eigenvalue weighted by Crippen LogP contribution is 2.30. The highest BCUT2D eigenvalue weighted by molar-refractivity contribution is 7.89. The maximum atomic E-state index is 13.1. The van der Waals surface area contributed by atoms with Crippen LogP contribution in [0.5, 0.6) is 5.75 Å². The summed E-state index contributed by atoms with van der Waals surface area (Å²) < 4.78 is 33.0. The molecular weight excluding hydrogens is 436 g/mol. The van der Waals surface area contributed by atoms with Gasteiger partial charge in [-0.25, -0.2) is 8.42 Å². The van der Waals surface area contributed by atoms with E-state index in [4.69, 9.17) is 16.3 Å². The smallest absolute Gasteiger partial charge is 0.248 e. The number of rotatable bonds is 6. The van der Waals surface area contributed by atoms with Crippen LogP contribution in [0.15, 0.2) is 41.3 Å². The number of nitrogens with one attached hydrogen (secondary N) is 1. The van der Waals surface area contributed by atoms with Crippen molar-refractivity contribution in [3.63, 3.8) is 0 Å². The molecule has 0 aliphatic carbocycles. The fourth-order valence-electron chi connectivity index (χ4n) is 3.65. The van der Waals surface area contributed by atoms with Crippen LogP contribution in [-0.2, 0) is 14.8 Å². The number of carbonyl (C=O) groups excluding carboxylic acids is 1. The number of carbonyl (C=O) groups is 1. The molecule has 2 aromatic carbocycles. The minimum absolute atomic E-state index is 0.108. The molecule has 0 atom stereocenters. The van der Waals surface area contributed by atoms with Gasteiger partial charge >= 0.3 is 0 Å². The Labute approximate surface area is 188 Å². The van der Waals surface area contributed by atoms with E-state index in [1.807, 2.05) is 19.9 Å². The number of hydrogen-bond acceptors (Lipinski definition) is 4. The minimum atomic E-state index is -3.67. The molecule has 0 bridgehead atoms. The zero-order chi connectivity index (χ0) is 22.6. The quantitative estimate of drug-likeness (QED) is 0.626. The highest BCUT2D eigenvalue weighted by atomic mass is 35.5. The van der Waals surface area contributed by atoms with E-state index in [2.05, 4.69) is 5.32 Å². The van der Waals surface area contributed by atoms with Crippen molar-refractivity contribution in [2.45, 2.75) is 38.0 Å². The Morgan fingerprint density at radius 1 is 1.13 bits per heavy atom. The Hall–Kier alpha value is -2.35.